The maximum Gasteiger partial charge on any atom is 0.124 e. The number of benzene rings is 2. The van der Waals surface area contributed by atoms with E-state index in [1.54, 1.807) is 25.2 Å². The summed E-state index contributed by atoms with van der Waals surface area (Å²) in [5, 5.41) is 2.57. The van der Waals surface area contributed by atoms with Crippen LogP contribution in [0.5, 0.6) is 0 Å². The first-order chi connectivity index (χ1) is 19.2. The molecule has 209 valence electrons. The van der Waals surface area contributed by atoms with Gasteiger partial charge in [0.25, 0.3) is 0 Å². The molecule has 0 N–H and O–H groups in total. The molecule has 6 aromatic rings. The van der Waals surface area contributed by atoms with Crippen molar-refractivity contribution in [2.75, 3.05) is 0 Å². The second-order valence-electron chi connectivity index (χ2n) is 10.2. The molecule has 0 fully saturated rings. The average Bonchev–Trinajstić information content (AvgIpc) is 3.45. The molecule has 0 bridgehead atoms. The van der Waals surface area contributed by atoms with Gasteiger partial charge in [-0.25, -0.2) is 8.78 Å². The summed E-state index contributed by atoms with van der Waals surface area (Å²) in [4.78, 5) is 13.0. The number of halogens is 3. The van der Waals surface area contributed by atoms with Gasteiger partial charge in [0.15, 0.2) is 0 Å². The smallest absolute Gasteiger partial charge is 0.124 e. The van der Waals surface area contributed by atoms with E-state index in [0.717, 1.165) is 17.3 Å². The quantitative estimate of drug-likeness (QED) is 0.167. The Labute approximate surface area is 253 Å². The van der Waals surface area contributed by atoms with Gasteiger partial charge < -0.3 is 9.97 Å². The Bertz CT molecular complexity index is 1920. The Kier molecular flexibility index (Phi) is 7.86. The summed E-state index contributed by atoms with van der Waals surface area (Å²) in [6, 6.07) is 17.1. The maximum atomic E-state index is 14.6. The third-order valence-corrected chi connectivity index (χ3v) is 8.59. The maximum absolute atomic E-state index is 14.6. The SMILES string of the molecule is CCc1cnc2c(c1F)C(C)(C)c1c-2[c-]cc(F)c1F.Cc1cncc2sc3c(-c4ccccn4)[c-]ccc3c12.[Ir]. The Hall–Kier alpha value is -3.45. The largest absolute Gasteiger partial charge is 0.305 e. The molecule has 2 aromatic carbocycles. The zero-order chi connectivity index (χ0) is 28.2. The van der Waals surface area contributed by atoms with Crippen LogP contribution in [-0.2, 0) is 31.9 Å². The number of hydrogen-bond donors (Lipinski definition) is 0. The topological polar surface area (TPSA) is 38.7 Å². The molecule has 0 atom stereocenters. The molecule has 1 radical (unpaired) electrons. The zero-order valence-corrected chi connectivity index (χ0v) is 25.9. The first-order valence-corrected chi connectivity index (χ1v) is 13.7. The summed E-state index contributed by atoms with van der Waals surface area (Å²) in [6.45, 7) is 7.29. The van der Waals surface area contributed by atoms with E-state index in [2.05, 4.69) is 40.1 Å². The van der Waals surface area contributed by atoms with E-state index in [1.165, 1.54) is 31.9 Å². The Morgan fingerprint density at radius 2 is 1.73 bits per heavy atom. The minimum atomic E-state index is -0.972. The van der Waals surface area contributed by atoms with Crippen LogP contribution < -0.4 is 0 Å². The fourth-order valence-electron chi connectivity index (χ4n) is 5.49. The minimum absolute atomic E-state index is 0. The molecule has 7 rings (SSSR count). The summed E-state index contributed by atoms with van der Waals surface area (Å²) in [5.74, 6) is -2.30. The van der Waals surface area contributed by atoms with Crippen molar-refractivity contribution >= 4 is 31.5 Å². The second-order valence-corrected chi connectivity index (χ2v) is 11.3. The molecule has 41 heavy (non-hydrogen) atoms. The van der Waals surface area contributed by atoms with Crippen molar-refractivity contribution < 1.29 is 33.3 Å². The van der Waals surface area contributed by atoms with Crippen LogP contribution in [0.3, 0.4) is 0 Å². The van der Waals surface area contributed by atoms with E-state index in [9.17, 15) is 13.2 Å². The van der Waals surface area contributed by atoms with Gasteiger partial charge in [0.2, 0.25) is 0 Å². The third-order valence-electron chi connectivity index (χ3n) is 7.43. The van der Waals surface area contributed by atoms with Crippen LogP contribution in [0, 0.1) is 36.5 Å². The summed E-state index contributed by atoms with van der Waals surface area (Å²) in [6.07, 6.45) is 7.64. The van der Waals surface area contributed by atoms with Crippen LogP contribution in [0.2, 0.25) is 0 Å². The first kappa shape index (κ1) is 29.1. The van der Waals surface area contributed by atoms with Gasteiger partial charge >= 0.3 is 0 Å². The average molecular weight is 744 g/mol. The Balaban J connectivity index is 0.000000161. The van der Waals surface area contributed by atoms with Gasteiger partial charge in [0.1, 0.15) is 5.82 Å². The number of hydrogen-bond acceptors (Lipinski definition) is 4. The van der Waals surface area contributed by atoms with Gasteiger partial charge in [0, 0.05) is 55.2 Å². The Morgan fingerprint density at radius 1 is 0.927 bits per heavy atom. The number of nitrogens with zero attached hydrogens (tertiary/aromatic N) is 3. The van der Waals surface area contributed by atoms with Gasteiger partial charge in [-0.05, 0) is 57.4 Å². The van der Waals surface area contributed by atoms with Crippen molar-refractivity contribution in [3.63, 3.8) is 0 Å². The number of rotatable bonds is 2. The number of thiophene rings is 1. The first-order valence-electron chi connectivity index (χ1n) is 12.9. The molecule has 0 aliphatic heterocycles. The second kappa shape index (κ2) is 11.1. The molecule has 0 saturated heterocycles. The number of pyridine rings is 3. The molecule has 0 saturated carbocycles. The standard InChI is InChI=1S/C17H11N2S.C16H13F3N.Ir/c1-11-9-18-10-15-16(11)13-6-4-5-12(17(13)20-15)14-7-2-3-8-19-14;1-4-8-7-20-15-9-5-6-10(17)14(19)11(9)16(2,3)12(15)13(8)18;/h2-4,6-10H,1H3;6-7H,4H2,1-3H3;/q2*-1;. The molecule has 1 aliphatic carbocycles. The van der Waals surface area contributed by atoms with Crippen LogP contribution in [0.1, 0.15) is 43.0 Å². The summed E-state index contributed by atoms with van der Waals surface area (Å²) in [7, 11) is 0. The van der Waals surface area contributed by atoms with E-state index in [1.807, 2.05) is 49.8 Å². The van der Waals surface area contributed by atoms with Crippen molar-refractivity contribution in [2.45, 2.75) is 39.5 Å². The van der Waals surface area contributed by atoms with Gasteiger partial charge in [-0.3, -0.25) is 9.37 Å². The zero-order valence-electron chi connectivity index (χ0n) is 22.7. The van der Waals surface area contributed by atoms with Crippen molar-refractivity contribution in [1.29, 1.82) is 0 Å². The Morgan fingerprint density at radius 3 is 2.46 bits per heavy atom. The number of fused-ring (bicyclic) bond motifs is 6. The number of aryl methyl sites for hydroxylation is 2. The van der Waals surface area contributed by atoms with Crippen molar-refractivity contribution in [3.8, 4) is 22.5 Å². The molecule has 0 unspecified atom stereocenters. The van der Waals surface area contributed by atoms with Gasteiger partial charge in [0.05, 0.1) is 11.6 Å². The van der Waals surface area contributed by atoms with Crippen molar-refractivity contribution in [2.24, 2.45) is 0 Å². The fourth-order valence-corrected chi connectivity index (χ4v) is 6.75. The third kappa shape index (κ3) is 4.68. The normalized spacial score (nSPS) is 12.9. The fraction of sp³-hybridized carbons (Fsp3) is 0.182. The molecule has 3 nitrogen and oxygen atoms in total. The molecule has 4 aromatic heterocycles. The van der Waals surface area contributed by atoms with Crippen LogP contribution >= 0.6 is 11.3 Å². The van der Waals surface area contributed by atoms with Gasteiger partial charge in [-0.15, -0.1) is 41.5 Å². The molecular weight excluding hydrogens is 720 g/mol. The van der Waals surface area contributed by atoms with Gasteiger partial charge in [-0.2, -0.15) is 11.3 Å². The molecule has 8 heteroatoms. The molecule has 4 heterocycles. The van der Waals surface area contributed by atoms with E-state index < -0.39 is 17.0 Å². The van der Waals surface area contributed by atoms with Crippen molar-refractivity contribution in [3.05, 3.63) is 113 Å². The molecule has 0 amide bonds. The predicted molar refractivity (Wildman–Crippen MR) is 154 cm³/mol. The van der Waals surface area contributed by atoms with E-state index in [-0.39, 0.29) is 31.5 Å². The number of aromatic nitrogens is 3. The van der Waals surface area contributed by atoms with Crippen LogP contribution in [0.4, 0.5) is 13.2 Å². The van der Waals surface area contributed by atoms with Crippen LogP contribution in [0.25, 0.3) is 42.7 Å². The predicted octanol–water partition coefficient (Wildman–Crippen LogP) is 8.79. The molecule has 0 spiro atoms. The monoisotopic (exact) mass is 744 g/mol. The van der Waals surface area contributed by atoms with E-state index in [0.29, 0.717) is 28.8 Å². The van der Waals surface area contributed by atoms with Crippen molar-refractivity contribution in [1.82, 2.24) is 15.0 Å². The summed E-state index contributed by atoms with van der Waals surface area (Å²) < 4.78 is 44.6. The molecule has 1 aliphatic rings. The molecular formula is C33H24F3IrN3S-2. The van der Waals surface area contributed by atoms with Crippen LogP contribution in [0.15, 0.2) is 61.2 Å². The minimum Gasteiger partial charge on any atom is -0.305 e. The van der Waals surface area contributed by atoms with Gasteiger partial charge in [-0.1, -0.05) is 43.9 Å². The summed E-state index contributed by atoms with van der Waals surface area (Å²) in [5.41, 5.74) is 3.94. The van der Waals surface area contributed by atoms with Crippen LogP contribution in [-0.4, -0.2) is 15.0 Å². The van der Waals surface area contributed by atoms with E-state index in [4.69, 9.17) is 0 Å². The summed E-state index contributed by atoms with van der Waals surface area (Å²) >= 11 is 1.76. The van der Waals surface area contributed by atoms with E-state index >= 15 is 0 Å².